The van der Waals surface area contributed by atoms with Gasteiger partial charge >= 0.3 is 0 Å². The van der Waals surface area contributed by atoms with Gasteiger partial charge in [0, 0.05) is 37.3 Å². The molecule has 1 N–H and O–H groups in total. The molecule has 3 amide bonds. The van der Waals surface area contributed by atoms with Gasteiger partial charge in [-0.1, -0.05) is 31.4 Å². The predicted molar refractivity (Wildman–Crippen MR) is 128 cm³/mol. The van der Waals surface area contributed by atoms with E-state index in [1.54, 1.807) is 22.7 Å². The highest BCUT2D eigenvalue weighted by molar-refractivity contribution is 6.08. The maximum Gasteiger partial charge on any atom is 0.271 e. The van der Waals surface area contributed by atoms with Gasteiger partial charge in [-0.2, -0.15) is 5.10 Å². The summed E-state index contributed by atoms with van der Waals surface area (Å²) in [7, 11) is 3.57. The van der Waals surface area contributed by atoms with Gasteiger partial charge in [0.2, 0.25) is 0 Å². The molecule has 3 aromatic rings. The standard InChI is InChI=1S/C26H25N5O3/c1-15(25(33)30(4)19-9-10-19)27-24(32)16(2)31-14-22-20(6-5-7-21(22)26(31)34)17-8-11-23-18(12-17)13-29(3)28-23/h5-8,11-13,19H,1-2,9-10,14H2,3-4H3,(H,27,32). The van der Waals surface area contributed by atoms with E-state index in [1.165, 1.54) is 4.90 Å². The first kappa shape index (κ1) is 21.6. The average Bonchev–Trinajstić information content (AvgIpc) is 3.53. The van der Waals surface area contributed by atoms with Crippen molar-refractivity contribution >= 4 is 28.6 Å². The Bertz CT molecular complexity index is 1400. The van der Waals surface area contributed by atoms with Crippen molar-refractivity contribution < 1.29 is 14.4 Å². The van der Waals surface area contributed by atoms with E-state index in [2.05, 4.69) is 23.6 Å². The van der Waals surface area contributed by atoms with E-state index >= 15 is 0 Å². The molecular weight excluding hydrogens is 430 g/mol. The lowest BCUT2D eigenvalue weighted by molar-refractivity contribution is -0.128. The maximum atomic E-state index is 13.1. The first-order valence-electron chi connectivity index (χ1n) is 11.1. The van der Waals surface area contributed by atoms with Crippen LogP contribution in [0.3, 0.4) is 0 Å². The molecule has 0 saturated heterocycles. The summed E-state index contributed by atoms with van der Waals surface area (Å²) in [6.45, 7) is 7.75. The summed E-state index contributed by atoms with van der Waals surface area (Å²) in [6.07, 6.45) is 3.85. The van der Waals surface area contributed by atoms with Gasteiger partial charge in [-0.25, -0.2) is 0 Å². The number of carbonyl (C=O) groups excluding carboxylic acids is 3. The summed E-state index contributed by atoms with van der Waals surface area (Å²) in [4.78, 5) is 41.3. The van der Waals surface area contributed by atoms with Crippen molar-refractivity contribution in [2.75, 3.05) is 7.05 Å². The Balaban J connectivity index is 1.36. The second-order valence-electron chi connectivity index (χ2n) is 8.83. The lowest BCUT2D eigenvalue weighted by Gasteiger charge is -2.21. The van der Waals surface area contributed by atoms with E-state index in [0.717, 1.165) is 40.4 Å². The average molecular weight is 456 g/mol. The van der Waals surface area contributed by atoms with Crippen LogP contribution < -0.4 is 5.32 Å². The summed E-state index contributed by atoms with van der Waals surface area (Å²) in [5, 5.41) is 7.92. The molecule has 1 saturated carbocycles. The lowest BCUT2D eigenvalue weighted by Crippen LogP contribution is -2.40. The van der Waals surface area contributed by atoms with Crippen LogP contribution in [0, 0.1) is 0 Å². The Labute approximate surface area is 197 Å². The topological polar surface area (TPSA) is 87.5 Å². The lowest BCUT2D eigenvalue weighted by atomic mass is 9.96. The molecule has 172 valence electrons. The molecule has 2 aromatic carbocycles. The minimum absolute atomic E-state index is 0.0297. The Morgan fingerprint density at radius 1 is 1.15 bits per heavy atom. The third-order valence-electron chi connectivity index (χ3n) is 6.42. The molecule has 0 spiro atoms. The van der Waals surface area contributed by atoms with E-state index in [0.29, 0.717) is 5.56 Å². The SMILES string of the molecule is C=C(NC(=O)C(=C)N1Cc2c(cccc2-c2ccc3nn(C)cc3c2)C1=O)C(=O)N(C)C1CC1. The third kappa shape index (κ3) is 3.67. The molecule has 1 fully saturated rings. The van der Waals surface area contributed by atoms with Gasteiger partial charge in [0.05, 0.1) is 17.8 Å². The zero-order chi connectivity index (χ0) is 24.1. The monoisotopic (exact) mass is 455 g/mol. The van der Waals surface area contributed by atoms with Crippen LogP contribution in [-0.4, -0.2) is 50.4 Å². The highest BCUT2D eigenvalue weighted by atomic mass is 16.2. The molecule has 5 rings (SSSR count). The quantitative estimate of drug-likeness (QED) is 0.579. The Kier molecular flexibility index (Phi) is 5.08. The van der Waals surface area contributed by atoms with Gasteiger partial charge in [0.1, 0.15) is 5.70 Å². The number of hydrogen-bond donors (Lipinski definition) is 1. The van der Waals surface area contributed by atoms with Crippen molar-refractivity contribution in [1.82, 2.24) is 24.9 Å². The van der Waals surface area contributed by atoms with Gasteiger partial charge in [0.15, 0.2) is 0 Å². The number of aryl methyl sites for hydroxylation is 1. The van der Waals surface area contributed by atoms with Crippen molar-refractivity contribution in [3.8, 4) is 11.1 Å². The number of amides is 3. The molecule has 0 unspecified atom stereocenters. The molecule has 0 bridgehead atoms. The first-order valence-corrected chi connectivity index (χ1v) is 11.1. The number of likely N-dealkylation sites (N-methyl/N-ethyl adjacent to an activating group) is 1. The molecule has 34 heavy (non-hydrogen) atoms. The number of benzene rings is 2. The molecule has 2 heterocycles. The van der Waals surface area contributed by atoms with Crippen LogP contribution in [0.15, 0.2) is 67.1 Å². The van der Waals surface area contributed by atoms with Gasteiger partial charge < -0.3 is 10.2 Å². The van der Waals surface area contributed by atoms with E-state index in [4.69, 9.17) is 0 Å². The van der Waals surface area contributed by atoms with Crippen LogP contribution in [0.4, 0.5) is 0 Å². The molecule has 1 aliphatic heterocycles. The number of hydrogen-bond acceptors (Lipinski definition) is 4. The number of nitrogens with one attached hydrogen (secondary N) is 1. The number of fused-ring (bicyclic) bond motifs is 2. The van der Waals surface area contributed by atoms with E-state index in [-0.39, 0.29) is 35.8 Å². The van der Waals surface area contributed by atoms with Crippen LogP contribution in [0.2, 0.25) is 0 Å². The highest BCUT2D eigenvalue weighted by Gasteiger charge is 2.35. The fourth-order valence-electron chi connectivity index (χ4n) is 4.36. The largest absolute Gasteiger partial charge is 0.337 e. The summed E-state index contributed by atoms with van der Waals surface area (Å²) in [5.74, 6) is -1.26. The number of rotatable bonds is 6. The van der Waals surface area contributed by atoms with Crippen molar-refractivity contribution in [1.29, 1.82) is 0 Å². The normalized spacial score (nSPS) is 14.8. The van der Waals surface area contributed by atoms with Crippen molar-refractivity contribution in [3.63, 3.8) is 0 Å². The van der Waals surface area contributed by atoms with E-state index < -0.39 is 5.91 Å². The van der Waals surface area contributed by atoms with Gasteiger partial charge in [0.25, 0.3) is 17.7 Å². The predicted octanol–water partition coefficient (Wildman–Crippen LogP) is 2.96. The van der Waals surface area contributed by atoms with Crippen molar-refractivity contribution in [2.24, 2.45) is 7.05 Å². The molecule has 1 aliphatic carbocycles. The van der Waals surface area contributed by atoms with Crippen LogP contribution in [-0.2, 0) is 23.2 Å². The Morgan fingerprint density at radius 3 is 2.62 bits per heavy atom. The third-order valence-corrected chi connectivity index (χ3v) is 6.42. The summed E-state index contributed by atoms with van der Waals surface area (Å²) >= 11 is 0. The minimum Gasteiger partial charge on any atom is -0.337 e. The molecule has 0 radical (unpaired) electrons. The molecule has 0 atom stereocenters. The fourth-order valence-corrected chi connectivity index (χ4v) is 4.36. The van der Waals surface area contributed by atoms with Gasteiger partial charge in [-0.05, 0) is 47.7 Å². The fraction of sp³-hybridized carbons (Fsp3) is 0.231. The Morgan fingerprint density at radius 2 is 1.88 bits per heavy atom. The zero-order valence-electron chi connectivity index (χ0n) is 19.2. The first-order chi connectivity index (χ1) is 16.2. The molecule has 2 aliphatic rings. The van der Waals surface area contributed by atoms with Gasteiger partial charge in [-0.15, -0.1) is 0 Å². The molecule has 8 heteroatoms. The van der Waals surface area contributed by atoms with Crippen LogP contribution >= 0.6 is 0 Å². The summed E-state index contributed by atoms with van der Waals surface area (Å²) in [5.41, 5.74) is 4.06. The highest BCUT2D eigenvalue weighted by Crippen LogP contribution is 2.35. The number of nitrogens with zero attached hydrogens (tertiary/aromatic N) is 4. The summed E-state index contributed by atoms with van der Waals surface area (Å²) < 4.78 is 1.76. The maximum absolute atomic E-state index is 13.1. The number of aromatic nitrogens is 2. The molecule has 1 aromatic heterocycles. The van der Waals surface area contributed by atoms with Crippen molar-refractivity contribution in [2.45, 2.75) is 25.4 Å². The second-order valence-corrected chi connectivity index (χ2v) is 8.83. The number of carbonyl (C=O) groups is 3. The minimum atomic E-state index is -0.623. The van der Waals surface area contributed by atoms with E-state index in [1.807, 2.05) is 43.6 Å². The molecular formula is C26H25N5O3. The van der Waals surface area contributed by atoms with Gasteiger partial charge in [-0.3, -0.25) is 24.0 Å². The smallest absolute Gasteiger partial charge is 0.271 e. The van der Waals surface area contributed by atoms with Crippen LogP contribution in [0.5, 0.6) is 0 Å². The van der Waals surface area contributed by atoms with Crippen LogP contribution in [0.25, 0.3) is 22.0 Å². The zero-order valence-corrected chi connectivity index (χ0v) is 19.2. The van der Waals surface area contributed by atoms with Crippen LogP contribution in [0.1, 0.15) is 28.8 Å². The van der Waals surface area contributed by atoms with E-state index in [9.17, 15) is 14.4 Å². The summed E-state index contributed by atoms with van der Waals surface area (Å²) in [6, 6.07) is 11.7. The second kappa shape index (κ2) is 7.98. The molecule has 8 nitrogen and oxygen atoms in total. The van der Waals surface area contributed by atoms with Crippen molar-refractivity contribution in [3.05, 3.63) is 78.3 Å². The Hall–Kier alpha value is -4.20.